The average molecular weight is 398 g/mol. The summed E-state index contributed by atoms with van der Waals surface area (Å²) in [5.74, 6) is 0.382. The Balaban J connectivity index is 1.33. The Morgan fingerprint density at radius 2 is 1.67 bits per heavy atom. The molecule has 3 aromatic rings. The molecule has 7 heteroatoms. The smallest absolute Gasteiger partial charge is 0.274 e. The number of benzene rings is 2. The van der Waals surface area contributed by atoms with Crippen LogP contribution in [0.25, 0.3) is 0 Å². The molecule has 1 aliphatic heterocycles. The van der Waals surface area contributed by atoms with Gasteiger partial charge in [-0.05, 0) is 29.8 Å². The number of amides is 1. The van der Waals surface area contributed by atoms with Gasteiger partial charge < -0.3 is 10.2 Å². The van der Waals surface area contributed by atoms with Gasteiger partial charge in [0, 0.05) is 32.7 Å². The van der Waals surface area contributed by atoms with Gasteiger partial charge in [-0.25, -0.2) is 0 Å². The average Bonchev–Trinajstić information content (AvgIpc) is 2.81. The number of nitriles is 1. The van der Waals surface area contributed by atoms with E-state index in [0.717, 1.165) is 19.6 Å². The van der Waals surface area contributed by atoms with Crippen LogP contribution in [0.4, 0.5) is 11.5 Å². The normalized spacial score (nSPS) is 14.2. The van der Waals surface area contributed by atoms with E-state index >= 15 is 0 Å². The quantitative estimate of drug-likeness (QED) is 0.711. The van der Waals surface area contributed by atoms with Crippen molar-refractivity contribution in [2.45, 2.75) is 6.54 Å². The number of para-hydroxylation sites is 1. The third-order valence-electron chi connectivity index (χ3n) is 5.10. The molecular formula is C23H22N6O. The number of nitrogens with one attached hydrogen (secondary N) is 1. The summed E-state index contributed by atoms with van der Waals surface area (Å²) in [4.78, 5) is 17.0. The molecule has 0 saturated carbocycles. The van der Waals surface area contributed by atoms with Crippen molar-refractivity contribution in [1.29, 1.82) is 5.26 Å². The fourth-order valence-electron chi connectivity index (χ4n) is 3.45. The molecule has 30 heavy (non-hydrogen) atoms. The van der Waals surface area contributed by atoms with Crippen LogP contribution in [0.3, 0.4) is 0 Å². The Kier molecular flexibility index (Phi) is 5.97. The zero-order valence-corrected chi connectivity index (χ0v) is 16.5. The van der Waals surface area contributed by atoms with Crippen molar-refractivity contribution in [2.24, 2.45) is 0 Å². The molecule has 0 bridgehead atoms. The van der Waals surface area contributed by atoms with Gasteiger partial charge in [-0.2, -0.15) is 5.26 Å². The van der Waals surface area contributed by atoms with Crippen LogP contribution in [0, 0.1) is 11.3 Å². The van der Waals surface area contributed by atoms with Gasteiger partial charge in [-0.15, -0.1) is 10.2 Å². The molecule has 150 valence electrons. The van der Waals surface area contributed by atoms with E-state index in [1.54, 1.807) is 30.3 Å². The molecule has 2 heterocycles. The minimum atomic E-state index is -0.106. The van der Waals surface area contributed by atoms with Crippen molar-refractivity contribution >= 4 is 17.4 Å². The lowest BCUT2D eigenvalue weighted by Crippen LogP contribution is -2.48. The van der Waals surface area contributed by atoms with Crippen molar-refractivity contribution < 1.29 is 4.79 Å². The number of nitrogens with zero attached hydrogens (tertiary/aromatic N) is 5. The highest BCUT2D eigenvalue weighted by Gasteiger charge is 2.23. The molecule has 7 nitrogen and oxygen atoms in total. The molecule has 1 amide bonds. The van der Waals surface area contributed by atoms with E-state index in [-0.39, 0.29) is 5.91 Å². The molecule has 0 aliphatic carbocycles. The van der Waals surface area contributed by atoms with Crippen LogP contribution in [-0.4, -0.2) is 52.1 Å². The molecule has 2 aromatic carbocycles. The molecule has 0 spiro atoms. The summed E-state index contributed by atoms with van der Waals surface area (Å²) in [6, 6.07) is 23.0. The molecule has 1 N–H and O–H groups in total. The Labute approximate surface area is 175 Å². The van der Waals surface area contributed by atoms with Gasteiger partial charge in [0.25, 0.3) is 5.91 Å². The van der Waals surface area contributed by atoms with Gasteiger partial charge in [-0.3, -0.25) is 9.69 Å². The van der Waals surface area contributed by atoms with Gasteiger partial charge >= 0.3 is 0 Å². The predicted molar refractivity (Wildman–Crippen MR) is 114 cm³/mol. The highest BCUT2D eigenvalue weighted by molar-refractivity contribution is 5.92. The SMILES string of the molecule is N#Cc1ccccc1Nc1ccc(C(=O)N2CCN(Cc3ccccc3)CC2)nn1. The number of aromatic nitrogens is 2. The van der Waals surface area contributed by atoms with Crippen molar-refractivity contribution in [2.75, 3.05) is 31.5 Å². The van der Waals surface area contributed by atoms with Crippen LogP contribution >= 0.6 is 0 Å². The number of anilines is 2. The summed E-state index contributed by atoms with van der Waals surface area (Å²) in [5.41, 5.74) is 2.78. The summed E-state index contributed by atoms with van der Waals surface area (Å²) in [6.45, 7) is 3.90. The van der Waals surface area contributed by atoms with Crippen LogP contribution < -0.4 is 5.32 Å². The van der Waals surface area contributed by atoms with Crippen molar-refractivity contribution in [3.05, 3.63) is 83.6 Å². The topological polar surface area (TPSA) is 85.2 Å². The van der Waals surface area contributed by atoms with Crippen molar-refractivity contribution in [3.8, 4) is 6.07 Å². The van der Waals surface area contributed by atoms with Gasteiger partial charge in [0.05, 0.1) is 11.3 Å². The van der Waals surface area contributed by atoms with Crippen LogP contribution in [0.5, 0.6) is 0 Å². The minimum Gasteiger partial charge on any atom is -0.338 e. The van der Waals surface area contributed by atoms with Crippen LogP contribution in [0.15, 0.2) is 66.7 Å². The van der Waals surface area contributed by atoms with Crippen LogP contribution in [-0.2, 0) is 6.54 Å². The van der Waals surface area contributed by atoms with E-state index in [0.29, 0.717) is 35.9 Å². The van der Waals surface area contributed by atoms with Gasteiger partial charge in [-0.1, -0.05) is 42.5 Å². The first kappa shape index (κ1) is 19.6. The molecule has 1 saturated heterocycles. The molecular weight excluding hydrogens is 376 g/mol. The number of hydrogen-bond acceptors (Lipinski definition) is 6. The zero-order valence-electron chi connectivity index (χ0n) is 16.5. The fourth-order valence-corrected chi connectivity index (χ4v) is 3.45. The molecule has 0 radical (unpaired) electrons. The Hall–Kier alpha value is -3.76. The monoisotopic (exact) mass is 398 g/mol. The second-order valence-corrected chi connectivity index (χ2v) is 7.14. The van der Waals surface area contributed by atoms with Crippen molar-refractivity contribution in [1.82, 2.24) is 20.0 Å². The van der Waals surface area contributed by atoms with E-state index in [2.05, 4.69) is 38.6 Å². The third-order valence-corrected chi connectivity index (χ3v) is 5.10. The van der Waals surface area contributed by atoms with E-state index in [9.17, 15) is 10.1 Å². The van der Waals surface area contributed by atoms with Gasteiger partial charge in [0.2, 0.25) is 0 Å². The number of rotatable bonds is 5. The summed E-state index contributed by atoms with van der Waals surface area (Å²) in [6.07, 6.45) is 0. The number of carbonyl (C=O) groups is 1. The largest absolute Gasteiger partial charge is 0.338 e. The predicted octanol–water partition coefficient (Wildman–Crippen LogP) is 3.05. The first-order chi connectivity index (χ1) is 14.7. The Morgan fingerprint density at radius 3 is 2.37 bits per heavy atom. The first-order valence-electron chi connectivity index (χ1n) is 9.88. The Morgan fingerprint density at radius 1 is 0.933 bits per heavy atom. The number of piperazine rings is 1. The van der Waals surface area contributed by atoms with E-state index in [1.807, 2.05) is 29.2 Å². The van der Waals surface area contributed by atoms with Crippen LogP contribution in [0.1, 0.15) is 21.6 Å². The second kappa shape index (κ2) is 9.16. The lowest BCUT2D eigenvalue weighted by Gasteiger charge is -2.34. The molecule has 1 aromatic heterocycles. The standard InChI is InChI=1S/C23H22N6O/c24-16-19-8-4-5-9-20(19)25-22-11-10-21(26-27-22)23(30)29-14-12-28(13-15-29)17-18-6-2-1-3-7-18/h1-11H,12-15,17H2,(H,25,27). The summed E-state index contributed by atoms with van der Waals surface area (Å²) < 4.78 is 0. The van der Waals surface area contributed by atoms with E-state index < -0.39 is 0 Å². The maximum absolute atomic E-state index is 12.8. The lowest BCUT2D eigenvalue weighted by molar-refractivity contribution is 0.0621. The minimum absolute atomic E-state index is 0.106. The number of carbonyl (C=O) groups excluding carboxylic acids is 1. The highest BCUT2D eigenvalue weighted by atomic mass is 16.2. The highest BCUT2D eigenvalue weighted by Crippen LogP contribution is 2.18. The first-order valence-corrected chi connectivity index (χ1v) is 9.88. The van der Waals surface area contributed by atoms with Crippen molar-refractivity contribution in [3.63, 3.8) is 0 Å². The van der Waals surface area contributed by atoms with Gasteiger partial charge in [0.15, 0.2) is 11.5 Å². The molecule has 1 fully saturated rings. The third kappa shape index (κ3) is 4.62. The fraction of sp³-hybridized carbons (Fsp3) is 0.217. The molecule has 1 aliphatic rings. The molecule has 0 atom stereocenters. The molecule has 4 rings (SSSR count). The number of hydrogen-bond donors (Lipinski definition) is 1. The molecule has 0 unspecified atom stereocenters. The second-order valence-electron chi connectivity index (χ2n) is 7.14. The maximum atomic E-state index is 12.8. The summed E-state index contributed by atoms with van der Waals surface area (Å²) >= 11 is 0. The van der Waals surface area contributed by atoms with E-state index in [1.165, 1.54) is 5.56 Å². The van der Waals surface area contributed by atoms with Gasteiger partial charge in [0.1, 0.15) is 6.07 Å². The van der Waals surface area contributed by atoms with Crippen LogP contribution in [0.2, 0.25) is 0 Å². The Bertz CT molecular complexity index is 1040. The summed E-state index contributed by atoms with van der Waals surface area (Å²) in [7, 11) is 0. The lowest BCUT2D eigenvalue weighted by atomic mass is 10.2. The zero-order chi connectivity index (χ0) is 20.8. The maximum Gasteiger partial charge on any atom is 0.274 e. The van der Waals surface area contributed by atoms with E-state index in [4.69, 9.17) is 0 Å². The summed E-state index contributed by atoms with van der Waals surface area (Å²) in [5, 5.41) is 20.4.